The zero-order valence-electron chi connectivity index (χ0n) is 26.3. The van der Waals surface area contributed by atoms with E-state index >= 15 is 0 Å². The summed E-state index contributed by atoms with van der Waals surface area (Å²) in [6.07, 6.45) is -2.27. The summed E-state index contributed by atoms with van der Waals surface area (Å²) in [4.78, 5) is 43.1. The minimum atomic E-state index is -3.06. The molecular formula is C37H37N2O5PS. The molecule has 4 aromatic carbocycles. The molecule has 1 aliphatic heterocycles. The molecule has 1 heterocycles. The fourth-order valence-electron chi connectivity index (χ4n) is 5.41. The zero-order valence-corrected chi connectivity index (χ0v) is 28.0. The molecule has 0 saturated heterocycles. The Bertz CT molecular complexity index is 1750. The van der Waals surface area contributed by atoms with Crippen molar-refractivity contribution in [3.05, 3.63) is 132 Å². The molecule has 1 N–H and O–H groups in total. The number of imide groups is 1. The van der Waals surface area contributed by atoms with E-state index in [4.69, 9.17) is 21.3 Å². The van der Waals surface area contributed by atoms with Crippen LogP contribution in [0.4, 0.5) is 4.79 Å². The Morgan fingerprint density at radius 3 is 1.80 bits per heavy atom. The summed E-state index contributed by atoms with van der Waals surface area (Å²) < 4.78 is 11.3. The van der Waals surface area contributed by atoms with Crippen LogP contribution in [-0.2, 0) is 36.4 Å². The van der Waals surface area contributed by atoms with E-state index in [0.717, 1.165) is 26.6 Å². The van der Waals surface area contributed by atoms with E-state index in [-0.39, 0.29) is 18.7 Å². The van der Waals surface area contributed by atoms with Crippen LogP contribution in [0.2, 0.25) is 0 Å². The molecule has 7 nitrogen and oxygen atoms in total. The first-order valence-electron chi connectivity index (χ1n) is 15.1. The lowest BCUT2D eigenvalue weighted by Crippen LogP contribution is -2.55. The Morgan fingerprint density at radius 2 is 1.30 bits per heavy atom. The Kier molecular flexibility index (Phi) is 9.73. The Morgan fingerprint density at radius 1 is 0.804 bits per heavy atom. The molecule has 1 aliphatic rings. The van der Waals surface area contributed by atoms with Gasteiger partial charge in [0.1, 0.15) is 5.60 Å². The quantitative estimate of drug-likeness (QED) is 0.164. The lowest BCUT2D eigenvalue weighted by molar-refractivity contribution is -0.150. The van der Waals surface area contributed by atoms with Crippen LogP contribution in [-0.4, -0.2) is 41.6 Å². The fraction of sp³-hybridized carbons (Fsp3) is 0.216. The van der Waals surface area contributed by atoms with Gasteiger partial charge in [-0.15, -0.1) is 0 Å². The number of benzene rings is 4. The van der Waals surface area contributed by atoms with Gasteiger partial charge in [0.05, 0.1) is 24.9 Å². The van der Waals surface area contributed by atoms with Crippen molar-refractivity contribution in [3.8, 4) is 11.1 Å². The first-order chi connectivity index (χ1) is 22.0. The smallest absolute Gasteiger partial charge is 0.417 e. The van der Waals surface area contributed by atoms with Gasteiger partial charge in [0, 0.05) is 10.6 Å². The number of amides is 2. The third-order valence-electron chi connectivity index (χ3n) is 7.54. The number of nitrogens with zero attached hydrogens (tertiary/aromatic N) is 1. The molecule has 0 spiro atoms. The first-order valence-corrected chi connectivity index (χ1v) is 17.9. The van der Waals surface area contributed by atoms with Crippen LogP contribution >= 0.6 is 6.19 Å². The van der Waals surface area contributed by atoms with E-state index in [1.165, 1.54) is 0 Å². The van der Waals surface area contributed by atoms with Gasteiger partial charge >= 0.3 is 12.1 Å². The minimum absolute atomic E-state index is 0.0466. The molecule has 46 heavy (non-hydrogen) atoms. The maximum absolute atomic E-state index is 14.6. The molecule has 5 rings (SSSR count). The number of hydrogen-bond acceptors (Lipinski definition) is 6. The molecule has 0 radical (unpaired) electrons. The molecular weight excluding hydrogens is 615 g/mol. The average Bonchev–Trinajstić information content (AvgIpc) is 3.45. The van der Waals surface area contributed by atoms with Crippen LogP contribution in [0.3, 0.4) is 0 Å². The standard InChI is InChI=1S/C37H37N2O5PS/c1-5-43-34(41)37(29-23-21-28(22-24-29)27-15-9-6-10-16-27,32-25-26-39(33(32)40)35(42)44-36(2,3)4)38-45(46,30-17-11-7-12-18-30)31-19-13-8-14-20-31/h6-25H,5,26H2,1-4H3,(H,38,46). The third kappa shape index (κ3) is 6.61. The lowest BCUT2D eigenvalue weighted by atomic mass is 9.82. The van der Waals surface area contributed by atoms with Crippen LogP contribution in [0.1, 0.15) is 33.3 Å². The molecule has 4 aromatic rings. The van der Waals surface area contributed by atoms with Crippen molar-refractivity contribution in [1.82, 2.24) is 9.99 Å². The highest BCUT2D eigenvalue weighted by atomic mass is 32.4. The summed E-state index contributed by atoms with van der Waals surface area (Å²) in [6, 6.07) is 36.4. The van der Waals surface area contributed by atoms with Gasteiger partial charge < -0.3 is 9.47 Å². The Balaban J connectivity index is 1.74. The topological polar surface area (TPSA) is 84.9 Å². The van der Waals surface area contributed by atoms with E-state index in [0.29, 0.717) is 5.56 Å². The summed E-state index contributed by atoms with van der Waals surface area (Å²) in [7, 11) is 0. The summed E-state index contributed by atoms with van der Waals surface area (Å²) in [5, 5.41) is 5.19. The summed E-state index contributed by atoms with van der Waals surface area (Å²) in [5.41, 5.74) is -0.279. The normalized spacial score (nSPS) is 14.7. The highest BCUT2D eigenvalue weighted by Crippen LogP contribution is 2.48. The second-order valence-electron chi connectivity index (χ2n) is 11.8. The van der Waals surface area contributed by atoms with E-state index in [9.17, 15) is 14.4 Å². The number of hydrogen-bond donors (Lipinski definition) is 1. The van der Waals surface area contributed by atoms with Crippen molar-refractivity contribution < 1.29 is 23.9 Å². The predicted octanol–water partition coefficient (Wildman–Crippen LogP) is 6.45. The molecule has 1 atom stereocenters. The zero-order chi connectivity index (χ0) is 33.0. The molecule has 0 saturated carbocycles. The summed E-state index contributed by atoms with van der Waals surface area (Å²) >= 11 is 6.56. The monoisotopic (exact) mass is 652 g/mol. The molecule has 0 fully saturated rings. The second-order valence-corrected chi connectivity index (χ2v) is 15.9. The van der Waals surface area contributed by atoms with Crippen molar-refractivity contribution in [2.45, 2.75) is 38.8 Å². The van der Waals surface area contributed by atoms with Crippen LogP contribution in [0.25, 0.3) is 11.1 Å². The van der Waals surface area contributed by atoms with Crippen LogP contribution in [0, 0.1) is 0 Å². The number of rotatable bonds is 9. The number of carbonyl (C=O) groups excluding carboxylic acids is 3. The Labute approximate surface area is 275 Å². The molecule has 9 heteroatoms. The largest absolute Gasteiger partial charge is 0.464 e. The molecule has 1 unspecified atom stereocenters. The molecule has 0 aliphatic carbocycles. The molecule has 0 bridgehead atoms. The highest BCUT2D eigenvalue weighted by molar-refractivity contribution is 8.21. The van der Waals surface area contributed by atoms with E-state index < -0.39 is 35.3 Å². The SMILES string of the molecule is CCOC(=O)C(NP(=S)(c1ccccc1)c1ccccc1)(C1=CCN(C(=O)OC(C)(C)C)C1=O)c1ccc(-c2ccccc2)cc1. The number of carbonyl (C=O) groups is 3. The lowest BCUT2D eigenvalue weighted by Gasteiger charge is -2.39. The van der Waals surface area contributed by atoms with Gasteiger partial charge in [0.2, 0.25) is 0 Å². The highest BCUT2D eigenvalue weighted by Gasteiger charge is 2.54. The first kappa shape index (κ1) is 33.0. The van der Waals surface area contributed by atoms with Crippen molar-refractivity contribution in [2.24, 2.45) is 0 Å². The van der Waals surface area contributed by atoms with Crippen molar-refractivity contribution in [2.75, 3.05) is 13.2 Å². The summed E-state index contributed by atoms with van der Waals surface area (Å²) in [5.74, 6) is -1.36. The van der Waals surface area contributed by atoms with Gasteiger partial charge in [0.25, 0.3) is 5.91 Å². The maximum Gasteiger partial charge on any atom is 0.417 e. The van der Waals surface area contributed by atoms with Crippen molar-refractivity contribution >= 4 is 46.6 Å². The van der Waals surface area contributed by atoms with Gasteiger partial charge in [-0.1, -0.05) is 133 Å². The van der Waals surface area contributed by atoms with E-state index in [1.54, 1.807) is 33.8 Å². The second kappa shape index (κ2) is 13.6. The fourth-order valence-corrected chi connectivity index (χ4v) is 9.11. The molecule has 2 amide bonds. The van der Waals surface area contributed by atoms with Gasteiger partial charge in [-0.25, -0.2) is 14.5 Å². The van der Waals surface area contributed by atoms with Gasteiger partial charge in [0.15, 0.2) is 5.54 Å². The van der Waals surface area contributed by atoms with Crippen LogP contribution < -0.4 is 15.7 Å². The molecule has 236 valence electrons. The molecule has 0 aromatic heterocycles. The van der Waals surface area contributed by atoms with Gasteiger partial charge in [-0.3, -0.25) is 9.88 Å². The van der Waals surface area contributed by atoms with Crippen LogP contribution in [0.5, 0.6) is 0 Å². The number of esters is 1. The number of nitrogens with one attached hydrogen (secondary N) is 1. The predicted molar refractivity (Wildman–Crippen MR) is 186 cm³/mol. The average molecular weight is 653 g/mol. The van der Waals surface area contributed by atoms with E-state index in [1.807, 2.05) is 115 Å². The van der Waals surface area contributed by atoms with Crippen molar-refractivity contribution in [3.63, 3.8) is 0 Å². The minimum Gasteiger partial charge on any atom is -0.464 e. The Hall–Kier alpha value is -4.36. The van der Waals surface area contributed by atoms with Crippen molar-refractivity contribution in [1.29, 1.82) is 0 Å². The van der Waals surface area contributed by atoms with Gasteiger partial charge in [-0.2, -0.15) is 0 Å². The number of ether oxygens (including phenoxy) is 2. The van der Waals surface area contributed by atoms with Crippen LogP contribution in [0.15, 0.2) is 127 Å². The third-order valence-corrected chi connectivity index (χ3v) is 11.8. The van der Waals surface area contributed by atoms with Gasteiger partial charge in [-0.05, 0) is 44.4 Å². The summed E-state index contributed by atoms with van der Waals surface area (Å²) in [6.45, 7) is 6.88. The maximum atomic E-state index is 14.6. The van der Waals surface area contributed by atoms with E-state index in [2.05, 4.69) is 5.09 Å².